The van der Waals surface area contributed by atoms with Gasteiger partial charge < -0.3 is 20.1 Å². The van der Waals surface area contributed by atoms with Gasteiger partial charge in [0.25, 0.3) is 0 Å². The molecule has 0 radical (unpaired) electrons. The number of hydrogen-bond donors (Lipinski definition) is 2. The van der Waals surface area contributed by atoms with Crippen LogP contribution in [0.1, 0.15) is 23.5 Å². The predicted molar refractivity (Wildman–Crippen MR) is 91.8 cm³/mol. The summed E-state index contributed by atoms with van der Waals surface area (Å²) in [6.07, 6.45) is 4.27. The molecule has 5 nitrogen and oxygen atoms in total. The van der Waals surface area contributed by atoms with Crippen molar-refractivity contribution in [2.75, 3.05) is 27.7 Å². The van der Waals surface area contributed by atoms with Gasteiger partial charge in [-0.2, -0.15) is 0 Å². The van der Waals surface area contributed by atoms with Crippen molar-refractivity contribution in [2.45, 2.75) is 30.8 Å². The average molecular weight is 312 g/mol. The summed E-state index contributed by atoms with van der Waals surface area (Å²) in [5.74, 6) is 0.480. The fourth-order valence-electron chi connectivity index (χ4n) is 4.35. The van der Waals surface area contributed by atoms with Crippen LogP contribution >= 0.6 is 0 Å². The van der Waals surface area contributed by atoms with Gasteiger partial charge in [-0.3, -0.25) is 0 Å². The number of urea groups is 1. The maximum absolute atomic E-state index is 12.0. The van der Waals surface area contributed by atoms with Gasteiger partial charge in [-0.15, -0.1) is 0 Å². The second kappa shape index (κ2) is 5.27. The van der Waals surface area contributed by atoms with Crippen LogP contribution < -0.4 is 5.32 Å². The lowest BCUT2D eigenvalue weighted by Gasteiger charge is -2.45. The smallest absolute Gasteiger partial charge is 0.317 e. The molecular formula is C18H24N4O. The molecule has 2 heterocycles. The molecule has 2 aliphatic rings. The van der Waals surface area contributed by atoms with Gasteiger partial charge in [-0.1, -0.05) is 12.1 Å². The number of rotatable bonds is 1. The Balaban J connectivity index is 1.67. The standard InChI is InChI=1S/C18H24N4O/c1-21(2)18(23)20-12-8-14-13-5-4-6-15-17(13)11(9-19-15)7-16(14)22(3)10-12/h4-6,9,12,14,16,19H,7-8,10H2,1-3H3,(H,20,23)/t12-,14+,16+/m0/s1. The molecule has 122 valence electrons. The van der Waals surface area contributed by atoms with Gasteiger partial charge in [0, 0.05) is 55.7 Å². The number of benzene rings is 1. The molecule has 3 atom stereocenters. The maximum Gasteiger partial charge on any atom is 0.317 e. The summed E-state index contributed by atoms with van der Waals surface area (Å²) in [7, 11) is 5.76. The highest BCUT2D eigenvalue weighted by atomic mass is 16.2. The molecule has 2 N–H and O–H groups in total. The van der Waals surface area contributed by atoms with Crippen LogP contribution in [0.4, 0.5) is 4.79 Å². The maximum atomic E-state index is 12.0. The van der Waals surface area contributed by atoms with Gasteiger partial charge in [-0.25, -0.2) is 4.79 Å². The van der Waals surface area contributed by atoms with Gasteiger partial charge in [0.1, 0.15) is 0 Å². The molecule has 1 aromatic heterocycles. The highest BCUT2D eigenvalue weighted by molar-refractivity contribution is 5.88. The molecule has 0 bridgehead atoms. The zero-order chi connectivity index (χ0) is 16.1. The summed E-state index contributed by atoms with van der Waals surface area (Å²) in [5, 5.41) is 4.57. The van der Waals surface area contributed by atoms with Crippen LogP contribution in [0.25, 0.3) is 10.9 Å². The molecule has 2 aromatic rings. The summed E-state index contributed by atoms with van der Waals surface area (Å²) in [5.41, 5.74) is 4.10. The number of nitrogens with zero attached hydrogens (tertiary/aromatic N) is 2. The third-order valence-corrected chi connectivity index (χ3v) is 5.46. The summed E-state index contributed by atoms with van der Waals surface area (Å²) in [6, 6.07) is 7.28. The van der Waals surface area contributed by atoms with Crippen LogP contribution in [0.15, 0.2) is 24.4 Å². The first kappa shape index (κ1) is 14.6. The fraction of sp³-hybridized carbons (Fsp3) is 0.500. The number of nitrogens with one attached hydrogen (secondary N) is 2. The number of piperidine rings is 1. The predicted octanol–water partition coefficient (Wildman–Crippen LogP) is 2.15. The lowest BCUT2D eigenvalue weighted by molar-refractivity contribution is 0.126. The normalized spacial score (nSPS) is 26.8. The molecular weight excluding hydrogens is 288 g/mol. The second-order valence-corrected chi connectivity index (χ2v) is 7.18. The molecule has 1 aliphatic carbocycles. The molecule has 4 rings (SSSR count). The number of H-pyrrole nitrogens is 1. The Labute approximate surface area is 136 Å². The van der Waals surface area contributed by atoms with Gasteiger partial charge in [0.05, 0.1) is 0 Å². The number of hydrogen-bond acceptors (Lipinski definition) is 2. The zero-order valence-corrected chi connectivity index (χ0v) is 14.0. The van der Waals surface area contributed by atoms with E-state index in [1.54, 1.807) is 19.0 Å². The van der Waals surface area contributed by atoms with E-state index < -0.39 is 0 Å². The number of aromatic amines is 1. The number of carbonyl (C=O) groups is 1. The number of amides is 2. The second-order valence-electron chi connectivity index (χ2n) is 7.18. The molecule has 1 saturated heterocycles. The van der Waals surface area contributed by atoms with Gasteiger partial charge in [0.15, 0.2) is 0 Å². The third-order valence-electron chi connectivity index (χ3n) is 5.46. The van der Waals surface area contributed by atoms with Crippen LogP contribution in [-0.4, -0.2) is 60.6 Å². The highest BCUT2D eigenvalue weighted by Gasteiger charge is 2.39. The van der Waals surface area contributed by atoms with E-state index in [4.69, 9.17) is 0 Å². The number of carbonyl (C=O) groups excluding carboxylic acids is 1. The highest BCUT2D eigenvalue weighted by Crippen LogP contribution is 2.42. The summed E-state index contributed by atoms with van der Waals surface area (Å²) >= 11 is 0. The molecule has 0 spiro atoms. The Morgan fingerprint density at radius 1 is 1.39 bits per heavy atom. The van der Waals surface area contributed by atoms with Crippen LogP contribution in [0.5, 0.6) is 0 Å². The number of fused-ring (bicyclic) bond motifs is 2. The molecule has 2 amide bonds. The van der Waals surface area contributed by atoms with E-state index in [0.29, 0.717) is 12.0 Å². The van der Waals surface area contributed by atoms with E-state index in [9.17, 15) is 4.79 Å². The van der Waals surface area contributed by atoms with Crippen molar-refractivity contribution in [1.82, 2.24) is 20.1 Å². The van der Waals surface area contributed by atoms with E-state index in [-0.39, 0.29) is 12.1 Å². The molecule has 1 fully saturated rings. The largest absolute Gasteiger partial charge is 0.361 e. The molecule has 0 unspecified atom stereocenters. The number of likely N-dealkylation sites (tertiary alicyclic amines) is 1. The Morgan fingerprint density at radius 3 is 3.00 bits per heavy atom. The van der Waals surface area contributed by atoms with Crippen molar-refractivity contribution in [3.8, 4) is 0 Å². The zero-order valence-electron chi connectivity index (χ0n) is 14.0. The molecule has 23 heavy (non-hydrogen) atoms. The Hall–Kier alpha value is -2.01. The van der Waals surface area contributed by atoms with Gasteiger partial charge >= 0.3 is 6.03 Å². The minimum absolute atomic E-state index is 0.00167. The van der Waals surface area contributed by atoms with Gasteiger partial charge in [0.2, 0.25) is 0 Å². The summed E-state index contributed by atoms with van der Waals surface area (Å²) < 4.78 is 0. The lowest BCUT2D eigenvalue weighted by Crippen LogP contribution is -2.56. The Kier molecular flexibility index (Phi) is 3.34. The lowest BCUT2D eigenvalue weighted by atomic mass is 9.74. The Morgan fingerprint density at radius 2 is 2.22 bits per heavy atom. The van der Waals surface area contributed by atoms with Crippen molar-refractivity contribution in [3.63, 3.8) is 0 Å². The molecule has 0 saturated carbocycles. The first-order chi connectivity index (χ1) is 11.0. The first-order valence-electron chi connectivity index (χ1n) is 8.31. The van der Waals surface area contributed by atoms with E-state index in [1.807, 2.05) is 0 Å². The summed E-state index contributed by atoms with van der Waals surface area (Å²) in [4.78, 5) is 19.5. The van der Waals surface area contributed by atoms with E-state index >= 15 is 0 Å². The third kappa shape index (κ3) is 2.30. The molecule has 5 heteroatoms. The summed E-state index contributed by atoms with van der Waals surface area (Å²) in [6.45, 7) is 0.913. The minimum atomic E-state index is -0.00167. The number of likely N-dealkylation sites (N-methyl/N-ethyl adjacent to an activating group) is 1. The van der Waals surface area contributed by atoms with Crippen molar-refractivity contribution >= 4 is 16.9 Å². The fourth-order valence-corrected chi connectivity index (χ4v) is 4.35. The molecule has 1 aromatic carbocycles. The average Bonchev–Trinajstić information content (AvgIpc) is 2.93. The van der Waals surface area contributed by atoms with Crippen LogP contribution in [0.3, 0.4) is 0 Å². The Bertz CT molecular complexity index is 751. The van der Waals surface area contributed by atoms with Crippen LogP contribution in [0.2, 0.25) is 0 Å². The first-order valence-corrected chi connectivity index (χ1v) is 8.31. The van der Waals surface area contributed by atoms with Gasteiger partial charge in [-0.05, 0) is 37.1 Å². The van der Waals surface area contributed by atoms with E-state index in [1.165, 1.54) is 22.0 Å². The van der Waals surface area contributed by atoms with Crippen molar-refractivity contribution in [2.24, 2.45) is 0 Å². The van der Waals surface area contributed by atoms with Crippen molar-refractivity contribution in [3.05, 3.63) is 35.5 Å². The van der Waals surface area contributed by atoms with Crippen molar-refractivity contribution in [1.29, 1.82) is 0 Å². The van der Waals surface area contributed by atoms with E-state index in [0.717, 1.165) is 19.4 Å². The quantitative estimate of drug-likeness (QED) is 0.848. The van der Waals surface area contributed by atoms with Crippen molar-refractivity contribution < 1.29 is 4.79 Å². The minimum Gasteiger partial charge on any atom is -0.361 e. The monoisotopic (exact) mass is 312 g/mol. The van der Waals surface area contributed by atoms with Crippen LogP contribution in [0, 0.1) is 0 Å². The topological polar surface area (TPSA) is 51.4 Å². The van der Waals surface area contributed by atoms with E-state index in [2.05, 4.69) is 46.6 Å². The van der Waals surface area contributed by atoms with Crippen LogP contribution in [-0.2, 0) is 6.42 Å². The number of aromatic nitrogens is 1. The SMILES string of the molecule is CN(C)C(=O)N[C@H]1C[C@@H]2c3cccc4[nH]cc(c34)C[C@H]2N(C)C1. The molecule has 1 aliphatic heterocycles.